The molecule has 0 spiro atoms. The third kappa shape index (κ3) is 2.31. The molecule has 0 atom stereocenters. The van der Waals surface area contributed by atoms with Crippen LogP contribution < -0.4 is 5.32 Å². The van der Waals surface area contributed by atoms with Crippen molar-refractivity contribution in [1.82, 2.24) is 25.3 Å². The van der Waals surface area contributed by atoms with Gasteiger partial charge in [-0.2, -0.15) is 0 Å². The first kappa shape index (κ1) is 12.8. The largest absolute Gasteiger partial charge is 0.312 e. The summed E-state index contributed by atoms with van der Waals surface area (Å²) in [5.41, 5.74) is 4.63. The van der Waals surface area contributed by atoms with Crippen LogP contribution in [0, 0.1) is 6.92 Å². The zero-order valence-corrected chi connectivity index (χ0v) is 12.3. The molecule has 0 bridgehead atoms. The lowest BCUT2D eigenvalue weighted by Gasteiger charge is -2.29. The van der Waals surface area contributed by atoms with Crippen molar-refractivity contribution in [3.05, 3.63) is 35.0 Å². The molecule has 1 aliphatic heterocycles. The Morgan fingerprint density at radius 2 is 2.10 bits per heavy atom. The zero-order chi connectivity index (χ0) is 14.2. The highest BCUT2D eigenvalue weighted by atomic mass is 15.0. The van der Waals surface area contributed by atoms with E-state index in [1.54, 1.807) is 6.20 Å². The van der Waals surface area contributed by atoms with E-state index in [-0.39, 0.29) is 0 Å². The minimum absolute atomic E-state index is 0.614. The Morgan fingerprint density at radius 3 is 2.86 bits per heavy atom. The minimum atomic E-state index is 0.614. The van der Waals surface area contributed by atoms with Crippen LogP contribution in [0.5, 0.6) is 0 Å². The third-order valence-electron chi connectivity index (χ3n) is 4.46. The van der Waals surface area contributed by atoms with Crippen LogP contribution in [-0.4, -0.2) is 26.5 Å². The van der Waals surface area contributed by atoms with Gasteiger partial charge in [0.05, 0.1) is 11.4 Å². The molecule has 1 saturated carbocycles. The fourth-order valence-electron chi connectivity index (χ4n) is 3.08. The van der Waals surface area contributed by atoms with Gasteiger partial charge in [-0.05, 0) is 25.8 Å². The minimum Gasteiger partial charge on any atom is -0.312 e. The fourth-order valence-corrected chi connectivity index (χ4v) is 3.08. The third-order valence-corrected chi connectivity index (χ3v) is 4.46. The second-order valence-corrected chi connectivity index (χ2v) is 5.90. The molecule has 2 aromatic heterocycles. The van der Waals surface area contributed by atoms with Gasteiger partial charge in [-0.3, -0.25) is 0 Å². The van der Waals surface area contributed by atoms with E-state index >= 15 is 0 Å². The smallest absolute Gasteiger partial charge is 0.178 e. The highest BCUT2D eigenvalue weighted by molar-refractivity contribution is 5.51. The van der Waals surface area contributed by atoms with Crippen LogP contribution in [0.15, 0.2) is 12.3 Å². The van der Waals surface area contributed by atoms with E-state index in [1.165, 1.54) is 36.2 Å². The van der Waals surface area contributed by atoms with Gasteiger partial charge in [-0.25, -0.2) is 19.9 Å². The molecule has 3 heterocycles. The summed E-state index contributed by atoms with van der Waals surface area (Å²) in [6, 6.07) is 1.90. The van der Waals surface area contributed by atoms with Crippen molar-refractivity contribution in [2.45, 2.75) is 45.1 Å². The van der Waals surface area contributed by atoms with E-state index in [2.05, 4.69) is 15.3 Å². The topological polar surface area (TPSA) is 63.6 Å². The van der Waals surface area contributed by atoms with Gasteiger partial charge in [-0.1, -0.05) is 6.42 Å². The van der Waals surface area contributed by atoms with E-state index in [0.717, 1.165) is 36.9 Å². The molecule has 4 rings (SSSR count). The first-order valence-electron chi connectivity index (χ1n) is 7.71. The highest BCUT2D eigenvalue weighted by Crippen LogP contribution is 2.38. The highest BCUT2D eigenvalue weighted by Gasteiger charge is 2.27. The summed E-state index contributed by atoms with van der Waals surface area (Å²) in [6.07, 6.45) is 6.59. The molecule has 2 aliphatic rings. The van der Waals surface area contributed by atoms with Crippen LogP contribution in [0.3, 0.4) is 0 Å². The first-order valence-corrected chi connectivity index (χ1v) is 7.71. The predicted molar refractivity (Wildman–Crippen MR) is 79.8 cm³/mol. The maximum absolute atomic E-state index is 4.88. The molecule has 5 heteroatoms. The van der Waals surface area contributed by atoms with E-state index in [0.29, 0.717) is 5.92 Å². The SMILES string of the molecule is Cc1nccc(-c2nc3c(c(C4CCC4)n2)CNCC3)n1. The fraction of sp³-hybridized carbons (Fsp3) is 0.500. The van der Waals surface area contributed by atoms with Crippen molar-refractivity contribution in [2.75, 3.05) is 6.54 Å². The lowest BCUT2D eigenvalue weighted by Crippen LogP contribution is -2.28. The Bertz CT molecular complexity index is 678. The van der Waals surface area contributed by atoms with Crippen LogP contribution >= 0.6 is 0 Å². The second kappa shape index (κ2) is 5.15. The number of nitrogens with zero attached hydrogens (tertiary/aromatic N) is 4. The molecule has 0 amide bonds. The number of aryl methyl sites for hydroxylation is 1. The Labute approximate surface area is 124 Å². The Balaban J connectivity index is 1.84. The summed E-state index contributed by atoms with van der Waals surface area (Å²) in [6.45, 7) is 3.80. The Morgan fingerprint density at radius 1 is 1.19 bits per heavy atom. The second-order valence-electron chi connectivity index (χ2n) is 5.90. The summed E-state index contributed by atoms with van der Waals surface area (Å²) in [5.74, 6) is 2.15. The predicted octanol–water partition coefficient (Wildman–Crippen LogP) is 2.16. The normalized spacial score (nSPS) is 18.1. The monoisotopic (exact) mass is 281 g/mol. The quantitative estimate of drug-likeness (QED) is 0.914. The van der Waals surface area contributed by atoms with Gasteiger partial charge >= 0.3 is 0 Å². The maximum Gasteiger partial charge on any atom is 0.178 e. The average Bonchev–Trinajstić information content (AvgIpc) is 2.45. The Hall–Kier alpha value is -1.88. The van der Waals surface area contributed by atoms with Crippen LogP contribution in [-0.2, 0) is 13.0 Å². The number of rotatable bonds is 2. The molecule has 0 unspecified atom stereocenters. The van der Waals surface area contributed by atoms with Gasteiger partial charge in [0.15, 0.2) is 5.82 Å². The molecule has 108 valence electrons. The van der Waals surface area contributed by atoms with Gasteiger partial charge in [0.1, 0.15) is 11.5 Å². The molecule has 1 N–H and O–H groups in total. The van der Waals surface area contributed by atoms with E-state index in [9.17, 15) is 0 Å². The molecular formula is C16H19N5. The van der Waals surface area contributed by atoms with E-state index in [1.807, 2.05) is 13.0 Å². The first-order chi connectivity index (χ1) is 10.3. The summed E-state index contributed by atoms with van der Waals surface area (Å²) >= 11 is 0. The number of aromatic nitrogens is 4. The lowest BCUT2D eigenvalue weighted by molar-refractivity contribution is 0.404. The van der Waals surface area contributed by atoms with Gasteiger partial charge in [-0.15, -0.1) is 0 Å². The number of hydrogen-bond donors (Lipinski definition) is 1. The summed E-state index contributed by atoms with van der Waals surface area (Å²) in [5, 5.41) is 3.45. The zero-order valence-electron chi connectivity index (χ0n) is 12.3. The van der Waals surface area contributed by atoms with Crippen molar-refractivity contribution in [3.8, 4) is 11.5 Å². The van der Waals surface area contributed by atoms with Crippen molar-refractivity contribution in [1.29, 1.82) is 0 Å². The molecular weight excluding hydrogens is 262 g/mol. The molecule has 0 radical (unpaired) electrons. The van der Waals surface area contributed by atoms with Crippen molar-refractivity contribution >= 4 is 0 Å². The van der Waals surface area contributed by atoms with Crippen molar-refractivity contribution < 1.29 is 0 Å². The number of hydrogen-bond acceptors (Lipinski definition) is 5. The standard InChI is InChI=1S/C16H19N5/c1-10-18-8-6-14(19-10)16-20-13-5-7-17-9-12(13)15(21-16)11-3-2-4-11/h6,8,11,17H,2-5,7,9H2,1H3. The van der Waals surface area contributed by atoms with Crippen molar-refractivity contribution in [2.24, 2.45) is 0 Å². The van der Waals surface area contributed by atoms with Gasteiger partial charge < -0.3 is 5.32 Å². The molecule has 5 nitrogen and oxygen atoms in total. The van der Waals surface area contributed by atoms with Crippen LogP contribution in [0.4, 0.5) is 0 Å². The van der Waals surface area contributed by atoms with E-state index in [4.69, 9.17) is 9.97 Å². The molecule has 21 heavy (non-hydrogen) atoms. The molecule has 2 aromatic rings. The molecule has 0 aromatic carbocycles. The number of nitrogens with one attached hydrogen (secondary N) is 1. The summed E-state index contributed by atoms with van der Waals surface area (Å²) in [4.78, 5) is 18.3. The maximum atomic E-state index is 4.88. The summed E-state index contributed by atoms with van der Waals surface area (Å²) < 4.78 is 0. The van der Waals surface area contributed by atoms with Crippen molar-refractivity contribution in [3.63, 3.8) is 0 Å². The Kier molecular flexibility index (Phi) is 3.15. The average molecular weight is 281 g/mol. The molecule has 1 aliphatic carbocycles. The van der Waals surface area contributed by atoms with Gasteiger partial charge in [0, 0.05) is 37.2 Å². The van der Waals surface area contributed by atoms with Gasteiger partial charge in [0.2, 0.25) is 0 Å². The lowest BCUT2D eigenvalue weighted by atomic mass is 9.80. The van der Waals surface area contributed by atoms with Crippen LogP contribution in [0.2, 0.25) is 0 Å². The van der Waals surface area contributed by atoms with Crippen LogP contribution in [0.1, 0.15) is 48.0 Å². The summed E-state index contributed by atoms with van der Waals surface area (Å²) in [7, 11) is 0. The molecule has 1 fully saturated rings. The molecule has 0 saturated heterocycles. The van der Waals surface area contributed by atoms with E-state index < -0.39 is 0 Å². The number of fused-ring (bicyclic) bond motifs is 1. The van der Waals surface area contributed by atoms with Gasteiger partial charge in [0.25, 0.3) is 0 Å². The van der Waals surface area contributed by atoms with Crippen LogP contribution in [0.25, 0.3) is 11.5 Å².